The average molecular weight is 535 g/mol. The zero-order valence-corrected chi connectivity index (χ0v) is 21.9. The summed E-state index contributed by atoms with van der Waals surface area (Å²) in [6.07, 6.45) is 1.61. The smallest absolute Gasteiger partial charge is 0.350 e. The molecular weight excluding hydrogens is 508 g/mol. The molecule has 0 aliphatic carbocycles. The van der Waals surface area contributed by atoms with Gasteiger partial charge in [-0.15, -0.1) is 0 Å². The second kappa shape index (κ2) is 11.3. The fourth-order valence-electron chi connectivity index (χ4n) is 4.04. The number of aryl methyl sites for hydroxylation is 1. The molecule has 38 heavy (non-hydrogen) atoms. The molecule has 1 amide bonds. The lowest BCUT2D eigenvalue weighted by molar-refractivity contribution is -0.132. The molecule has 1 unspecified atom stereocenters. The zero-order chi connectivity index (χ0) is 27.4. The van der Waals surface area contributed by atoms with E-state index in [0.29, 0.717) is 34.9 Å². The van der Waals surface area contributed by atoms with E-state index in [1.807, 2.05) is 0 Å². The van der Waals surface area contributed by atoms with E-state index in [4.69, 9.17) is 14.2 Å². The van der Waals surface area contributed by atoms with Crippen LogP contribution >= 0.6 is 11.3 Å². The number of Topliss-reactive ketones (excluding diaryl/α,β-unsaturated/α-hetero) is 1. The lowest BCUT2D eigenvalue weighted by Gasteiger charge is -2.23. The molecule has 2 aromatic carbocycles. The number of thiazole rings is 1. The number of hydrogen-bond donors (Lipinski definition) is 1. The van der Waals surface area contributed by atoms with Crippen LogP contribution in [0.5, 0.6) is 11.5 Å². The number of hydrogen-bond acceptors (Lipinski definition) is 9. The topological polar surface area (TPSA) is 115 Å². The SMILES string of the molecule is C=CCOc1ccc(C2/C(=C(\O)c3cccc(OC)c3)C(=O)C(=O)N2c2nc(C)c(C(=O)OCC)s2)cc1. The number of anilines is 1. The number of ether oxygens (including phenoxy) is 3. The van der Waals surface area contributed by atoms with Crippen molar-refractivity contribution in [2.75, 3.05) is 25.2 Å². The van der Waals surface area contributed by atoms with Gasteiger partial charge in [0.25, 0.3) is 5.78 Å². The van der Waals surface area contributed by atoms with Crippen molar-refractivity contribution in [3.63, 3.8) is 0 Å². The van der Waals surface area contributed by atoms with Crippen LogP contribution in [0, 0.1) is 6.92 Å². The summed E-state index contributed by atoms with van der Waals surface area (Å²) in [6.45, 7) is 7.43. The lowest BCUT2D eigenvalue weighted by Crippen LogP contribution is -2.29. The van der Waals surface area contributed by atoms with Crippen molar-refractivity contribution >= 4 is 39.9 Å². The molecule has 1 fully saturated rings. The van der Waals surface area contributed by atoms with Crippen LogP contribution in [0.25, 0.3) is 5.76 Å². The van der Waals surface area contributed by atoms with Crippen LogP contribution in [0.3, 0.4) is 0 Å². The van der Waals surface area contributed by atoms with Gasteiger partial charge in [-0.3, -0.25) is 14.5 Å². The summed E-state index contributed by atoms with van der Waals surface area (Å²) < 4.78 is 15.9. The standard InChI is InChI=1S/C28H26N2O7S/c1-5-14-37-19-12-10-17(11-13-19)22-21(23(31)18-8-7-9-20(15-18)35-4)24(32)26(33)30(22)28-29-16(3)25(38-28)27(34)36-6-2/h5,7-13,15,22,31H,1,6,14H2,2-4H3/b23-21+. The number of esters is 1. The molecule has 1 N–H and O–H groups in total. The molecule has 0 saturated carbocycles. The minimum absolute atomic E-state index is 0.117. The molecule has 1 aliphatic rings. The summed E-state index contributed by atoms with van der Waals surface area (Å²) in [4.78, 5) is 45.1. The van der Waals surface area contributed by atoms with Crippen molar-refractivity contribution in [1.29, 1.82) is 0 Å². The Labute approximate surface area is 223 Å². The molecule has 3 aromatic rings. The van der Waals surface area contributed by atoms with Gasteiger partial charge in [0.05, 0.1) is 31.0 Å². The number of aliphatic hydroxyl groups excluding tert-OH is 1. The highest BCUT2D eigenvalue weighted by molar-refractivity contribution is 7.17. The van der Waals surface area contributed by atoms with Crippen molar-refractivity contribution in [3.8, 4) is 11.5 Å². The van der Waals surface area contributed by atoms with E-state index in [1.54, 1.807) is 68.5 Å². The van der Waals surface area contributed by atoms with Crippen molar-refractivity contribution < 1.29 is 33.7 Å². The molecule has 196 valence electrons. The predicted octanol–water partition coefficient (Wildman–Crippen LogP) is 4.83. The average Bonchev–Trinajstić information content (AvgIpc) is 3.44. The molecule has 1 atom stereocenters. The maximum atomic E-state index is 13.4. The van der Waals surface area contributed by atoms with Crippen molar-refractivity contribution in [2.24, 2.45) is 0 Å². The molecule has 4 rings (SSSR count). The van der Waals surface area contributed by atoms with E-state index >= 15 is 0 Å². The molecular formula is C28H26N2O7S. The summed E-state index contributed by atoms with van der Waals surface area (Å²) in [5, 5.41) is 11.4. The lowest BCUT2D eigenvalue weighted by atomic mass is 9.95. The number of amides is 1. The van der Waals surface area contributed by atoms with Gasteiger partial charge in [0.15, 0.2) is 5.13 Å². The van der Waals surface area contributed by atoms with Gasteiger partial charge < -0.3 is 19.3 Å². The van der Waals surface area contributed by atoms with Gasteiger partial charge in [0, 0.05) is 5.56 Å². The van der Waals surface area contributed by atoms with E-state index in [9.17, 15) is 19.5 Å². The first kappa shape index (κ1) is 26.6. The van der Waals surface area contributed by atoms with E-state index in [0.717, 1.165) is 11.3 Å². The Bertz CT molecular complexity index is 1430. The highest BCUT2D eigenvalue weighted by atomic mass is 32.1. The number of aromatic nitrogens is 1. The van der Waals surface area contributed by atoms with Gasteiger partial charge in [0.1, 0.15) is 28.7 Å². The number of nitrogens with zero attached hydrogens (tertiary/aromatic N) is 2. The molecule has 0 radical (unpaired) electrons. The molecule has 10 heteroatoms. The van der Waals surface area contributed by atoms with Crippen molar-refractivity contribution in [2.45, 2.75) is 19.9 Å². The third-order valence-corrected chi connectivity index (χ3v) is 6.94. The van der Waals surface area contributed by atoms with Crippen LogP contribution in [0.15, 0.2) is 66.8 Å². The molecule has 0 spiro atoms. The fraction of sp³-hybridized carbons (Fsp3) is 0.214. The molecule has 9 nitrogen and oxygen atoms in total. The fourth-order valence-corrected chi connectivity index (χ4v) is 5.03. The van der Waals surface area contributed by atoms with Crippen molar-refractivity contribution in [1.82, 2.24) is 4.98 Å². The zero-order valence-electron chi connectivity index (χ0n) is 21.1. The number of rotatable bonds is 9. The number of benzene rings is 2. The molecule has 0 bridgehead atoms. The van der Waals surface area contributed by atoms with Gasteiger partial charge in [-0.05, 0) is 43.7 Å². The summed E-state index contributed by atoms with van der Waals surface area (Å²) in [7, 11) is 1.49. The Morgan fingerprint density at radius 3 is 2.58 bits per heavy atom. The Balaban J connectivity index is 1.88. The van der Waals surface area contributed by atoms with Crippen LogP contribution in [-0.2, 0) is 14.3 Å². The second-order valence-corrected chi connectivity index (χ2v) is 9.18. The third kappa shape index (κ3) is 5.03. The highest BCUT2D eigenvalue weighted by Gasteiger charge is 2.48. The number of ketones is 1. The predicted molar refractivity (Wildman–Crippen MR) is 143 cm³/mol. The molecule has 1 aliphatic heterocycles. The first-order valence-electron chi connectivity index (χ1n) is 11.7. The number of aliphatic hydroxyl groups is 1. The second-order valence-electron chi connectivity index (χ2n) is 8.20. The van der Waals surface area contributed by atoms with Gasteiger partial charge in [0.2, 0.25) is 0 Å². The third-order valence-electron chi connectivity index (χ3n) is 5.80. The van der Waals surface area contributed by atoms with Gasteiger partial charge >= 0.3 is 11.9 Å². The Hall–Kier alpha value is -4.44. The van der Waals surface area contributed by atoms with Crippen LogP contribution in [0.1, 0.15) is 39.5 Å². The van der Waals surface area contributed by atoms with E-state index in [1.165, 1.54) is 12.0 Å². The van der Waals surface area contributed by atoms with E-state index < -0.39 is 23.7 Å². The Kier molecular flexibility index (Phi) is 7.92. The summed E-state index contributed by atoms with van der Waals surface area (Å²) >= 11 is 0.946. The first-order chi connectivity index (χ1) is 18.3. The maximum Gasteiger partial charge on any atom is 0.350 e. The summed E-state index contributed by atoms with van der Waals surface area (Å²) in [6, 6.07) is 12.3. The number of methoxy groups -OCH3 is 1. The monoisotopic (exact) mass is 534 g/mol. The van der Waals surface area contributed by atoms with Gasteiger partial charge in [-0.25, -0.2) is 9.78 Å². The maximum absolute atomic E-state index is 13.4. The normalized spacial score (nSPS) is 16.4. The summed E-state index contributed by atoms with van der Waals surface area (Å²) in [5.41, 5.74) is 1.09. The van der Waals surface area contributed by atoms with Crippen LogP contribution < -0.4 is 14.4 Å². The van der Waals surface area contributed by atoms with E-state index in [2.05, 4.69) is 11.6 Å². The molecule has 2 heterocycles. The van der Waals surface area contributed by atoms with Gasteiger partial charge in [-0.1, -0.05) is 48.3 Å². The van der Waals surface area contributed by atoms with E-state index in [-0.39, 0.29) is 27.9 Å². The van der Waals surface area contributed by atoms with Crippen LogP contribution in [-0.4, -0.2) is 48.1 Å². The van der Waals surface area contributed by atoms with Crippen LogP contribution in [0.4, 0.5) is 5.13 Å². The summed E-state index contributed by atoms with van der Waals surface area (Å²) in [5.74, 6) is -1.66. The molecule has 1 saturated heterocycles. The number of carbonyl (C=O) groups excluding carboxylic acids is 3. The number of carbonyl (C=O) groups is 3. The minimum Gasteiger partial charge on any atom is -0.507 e. The van der Waals surface area contributed by atoms with Crippen LogP contribution in [0.2, 0.25) is 0 Å². The highest BCUT2D eigenvalue weighted by Crippen LogP contribution is 2.44. The molecule has 1 aromatic heterocycles. The van der Waals surface area contributed by atoms with Crippen molar-refractivity contribution in [3.05, 3.63) is 88.5 Å². The largest absolute Gasteiger partial charge is 0.507 e. The van der Waals surface area contributed by atoms with Gasteiger partial charge in [-0.2, -0.15) is 0 Å². The Morgan fingerprint density at radius 2 is 1.92 bits per heavy atom. The minimum atomic E-state index is -1.02. The first-order valence-corrected chi connectivity index (χ1v) is 12.6. The Morgan fingerprint density at radius 1 is 1.18 bits per heavy atom. The quantitative estimate of drug-likeness (QED) is 0.137.